The molecule has 2 aromatic carbocycles. The fourth-order valence-electron chi connectivity index (χ4n) is 4.50. The molecule has 0 atom stereocenters. The molecular weight excluding hydrogens is 326 g/mol. The largest absolute Gasteiger partial charge is 0.508 e. The maximum atomic E-state index is 12.9. The SMILES string of the molecule is COc1cc(O)ccc1C(=O)N1CCC2(CCc3ccccc3C2)CC1. The summed E-state index contributed by atoms with van der Waals surface area (Å²) in [6.07, 6.45) is 5.60. The highest BCUT2D eigenvalue weighted by molar-refractivity contribution is 5.97. The number of carbonyl (C=O) groups is 1. The van der Waals surface area contributed by atoms with Crippen LogP contribution in [-0.4, -0.2) is 36.1 Å². The number of aromatic hydroxyl groups is 1. The highest BCUT2D eigenvalue weighted by Gasteiger charge is 2.38. The average Bonchev–Trinajstić information content (AvgIpc) is 2.68. The van der Waals surface area contributed by atoms with Crippen LogP contribution in [0.1, 0.15) is 40.7 Å². The maximum Gasteiger partial charge on any atom is 0.257 e. The van der Waals surface area contributed by atoms with Gasteiger partial charge in [0.25, 0.3) is 5.91 Å². The zero-order chi connectivity index (χ0) is 18.1. The summed E-state index contributed by atoms with van der Waals surface area (Å²) < 4.78 is 5.28. The smallest absolute Gasteiger partial charge is 0.257 e. The van der Waals surface area contributed by atoms with Crippen molar-refractivity contribution in [1.29, 1.82) is 0 Å². The van der Waals surface area contributed by atoms with Crippen LogP contribution in [0.5, 0.6) is 11.5 Å². The van der Waals surface area contributed by atoms with Crippen LogP contribution in [0.4, 0.5) is 0 Å². The van der Waals surface area contributed by atoms with E-state index in [9.17, 15) is 9.90 Å². The van der Waals surface area contributed by atoms with Crippen LogP contribution >= 0.6 is 0 Å². The summed E-state index contributed by atoms with van der Waals surface area (Å²) in [6, 6.07) is 13.5. The molecule has 2 aliphatic rings. The molecule has 1 aliphatic carbocycles. The van der Waals surface area contributed by atoms with Gasteiger partial charge in [0.1, 0.15) is 11.5 Å². The molecule has 1 spiro atoms. The number of rotatable bonds is 2. The highest BCUT2D eigenvalue weighted by Crippen LogP contribution is 2.43. The molecular formula is C22H25NO3. The zero-order valence-electron chi connectivity index (χ0n) is 15.2. The van der Waals surface area contributed by atoms with E-state index in [1.54, 1.807) is 12.1 Å². The summed E-state index contributed by atoms with van der Waals surface area (Å²) in [5.41, 5.74) is 3.84. The lowest BCUT2D eigenvalue weighted by Gasteiger charge is -2.44. The lowest BCUT2D eigenvalue weighted by atomic mass is 9.66. The number of piperidine rings is 1. The second kappa shape index (κ2) is 6.67. The topological polar surface area (TPSA) is 49.8 Å². The number of nitrogens with zero attached hydrogens (tertiary/aromatic N) is 1. The molecule has 0 aromatic heterocycles. The van der Waals surface area contributed by atoms with E-state index in [0.717, 1.165) is 38.8 Å². The lowest BCUT2D eigenvalue weighted by molar-refractivity contribution is 0.0541. The number of hydrogen-bond donors (Lipinski definition) is 1. The Morgan fingerprint density at radius 3 is 2.54 bits per heavy atom. The predicted molar refractivity (Wildman–Crippen MR) is 101 cm³/mol. The summed E-state index contributed by atoms with van der Waals surface area (Å²) in [5, 5.41) is 9.60. The molecule has 0 radical (unpaired) electrons. The van der Waals surface area contributed by atoms with Crippen LogP contribution in [0.25, 0.3) is 0 Å². The first-order valence-corrected chi connectivity index (χ1v) is 9.33. The van der Waals surface area contributed by atoms with Gasteiger partial charge in [0.05, 0.1) is 12.7 Å². The Labute approximate surface area is 154 Å². The Kier molecular flexibility index (Phi) is 4.35. The standard InChI is InChI=1S/C22H25NO3/c1-26-20-14-18(24)6-7-19(20)21(25)23-12-10-22(11-13-23)9-8-16-4-2-3-5-17(16)15-22/h2-7,14,24H,8-13,15H2,1H3. The van der Waals surface area contributed by atoms with Gasteiger partial charge in [-0.1, -0.05) is 24.3 Å². The number of phenolic OH excluding ortho intramolecular Hbond substituents is 1. The average molecular weight is 351 g/mol. The third-order valence-corrected chi connectivity index (χ3v) is 6.14. The molecule has 4 heteroatoms. The number of aryl methyl sites for hydroxylation is 1. The molecule has 1 saturated heterocycles. The molecule has 26 heavy (non-hydrogen) atoms. The van der Waals surface area contributed by atoms with Gasteiger partial charge in [-0.15, -0.1) is 0 Å². The van der Waals surface area contributed by atoms with E-state index in [1.807, 2.05) is 4.90 Å². The first-order chi connectivity index (χ1) is 12.6. The molecule has 4 rings (SSSR count). The summed E-state index contributed by atoms with van der Waals surface area (Å²) in [4.78, 5) is 14.9. The minimum Gasteiger partial charge on any atom is -0.508 e. The number of benzene rings is 2. The fraction of sp³-hybridized carbons (Fsp3) is 0.409. The number of likely N-dealkylation sites (tertiary alicyclic amines) is 1. The van der Waals surface area contributed by atoms with Crippen molar-refractivity contribution in [3.8, 4) is 11.5 Å². The number of ether oxygens (including phenoxy) is 1. The number of fused-ring (bicyclic) bond motifs is 1. The molecule has 1 fully saturated rings. The molecule has 1 heterocycles. The molecule has 1 aliphatic heterocycles. The van der Waals surface area contributed by atoms with Crippen molar-refractivity contribution in [2.24, 2.45) is 5.41 Å². The number of methoxy groups -OCH3 is 1. The summed E-state index contributed by atoms with van der Waals surface area (Å²) in [6.45, 7) is 1.57. The molecule has 1 N–H and O–H groups in total. The van der Waals surface area contributed by atoms with Gasteiger partial charge in [0, 0.05) is 19.2 Å². The molecule has 0 saturated carbocycles. The van der Waals surface area contributed by atoms with Crippen LogP contribution in [0.3, 0.4) is 0 Å². The van der Waals surface area contributed by atoms with Crippen LogP contribution in [-0.2, 0) is 12.8 Å². The van der Waals surface area contributed by atoms with Gasteiger partial charge in [0.2, 0.25) is 0 Å². The van der Waals surface area contributed by atoms with Gasteiger partial charge in [-0.2, -0.15) is 0 Å². The van der Waals surface area contributed by atoms with Gasteiger partial charge in [-0.05, 0) is 60.8 Å². The van der Waals surface area contributed by atoms with Crippen molar-refractivity contribution in [3.05, 3.63) is 59.2 Å². The number of carbonyl (C=O) groups excluding carboxylic acids is 1. The first kappa shape index (κ1) is 17.0. The number of hydrogen-bond acceptors (Lipinski definition) is 3. The maximum absolute atomic E-state index is 12.9. The number of amides is 1. The van der Waals surface area contributed by atoms with Gasteiger partial charge in [-0.3, -0.25) is 4.79 Å². The van der Waals surface area contributed by atoms with Crippen LogP contribution in [0.15, 0.2) is 42.5 Å². The van der Waals surface area contributed by atoms with Gasteiger partial charge in [-0.25, -0.2) is 0 Å². The monoisotopic (exact) mass is 351 g/mol. The highest BCUT2D eigenvalue weighted by atomic mass is 16.5. The van der Waals surface area contributed by atoms with E-state index in [2.05, 4.69) is 24.3 Å². The van der Waals surface area contributed by atoms with E-state index < -0.39 is 0 Å². The first-order valence-electron chi connectivity index (χ1n) is 9.33. The van der Waals surface area contributed by atoms with Gasteiger partial charge < -0.3 is 14.7 Å². The van der Waals surface area contributed by atoms with Crippen molar-refractivity contribution < 1.29 is 14.6 Å². The summed E-state index contributed by atoms with van der Waals surface area (Å²) >= 11 is 0. The minimum absolute atomic E-state index is 0.00657. The molecule has 1 amide bonds. The van der Waals surface area contributed by atoms with Crippen molar-refractivity contribution in [3.63, 3.8) is 0 Å². The minimum atomic E-state index is -0.00657. The summed E-state index contributed by atoms with van der Waals surface area (Å²) in [7, 11) is 1.52. The molecule has 0 unspecified atom stereocenters. The predicted octanol–water partition coefficient (Wildman–Crippen LogP) is 3.81. The molecule has 4 nitrogen and oxygen atoms in total. The van der Waals surface area contributed by atoms with Crippen molar-refractivity contribution in [2.45, 2.75) is 32.1 Å². The van der Waals surface area contributed by atoms with Crippen molar-refractivity contribution in [2.75, 3.05) is 20.2 Å². The van der Waals surface area contributed by atoms with E-state index in [4.69, 9.17) is 4.74 Å². The normalized spacial score (nSPS) is 18.4. The molecule has 136 valence electrons. The molecule has 2 aromatic rings. The zero-order valence-corrected chi connectivity index (χ0v) is 15.2. The third-order valence-electron chi connectivity index (χ3n) is 6.14. The Morgan fingerprint density at radius 1 is 1.08 bits per heavy atom. The Bertz CT molecular complexity index is 822. The van der Waals surface area contributed by atoms with Crippen molar-refractivity contribution in [1.82, 2.24) is 4.90 Å². The van der Waals surface area contributed by atoms with E-state index in [1.165, 1.54) is 30.7 Å². The second-order valence-corrected chi connectivity index (χ2v) is 7.62. The van der Waals surface area contributed by atoms with Crippen molar-refractivity contribution >= 4 is 5.91 Å². The fourth-order valence-corrected chi connectivity index (χ4v) is 4.50. The van der Waals surface area contributed by atoms with Crippen LogP contribution in [0.2, 0.25) is 0 Å². The number of phenols is 1. The van der Waals surface area contributed by atoms with E-state index in [0.29, 0.717) is 16.7 Å². The quantitative estimate of drug-likeness (QED) is 0.895. The molecule has 0 bridgehead atoms. The Hall–Kier alpha value is -2.49. The van der Waals surface area contributed by atoms with E-state index in [-0.39, 0.29) is 11.7 Å². The summed E-state index contributed by atoms with van der Waals surface area (Å²) in [5.74, 6) is 0.534. The van der Waals surface area contributed by atoms with Gasteiger partial charge in [0.15, 0.2) is 0 Å². The van der Waals surface area contributed by atoms with Gasteiger partial charge >= 0.3 is 0 Å². The van der Waals surface area contributed by atoms with Crippen LogP contribution in [0, 0.1) is 5.41 Å². The Morgan fingerprint density at radius 2 is 1.81 bits per heavy atom. The Balaban J connectivity index is 1.47. The lowest BCUT2D eigenvalue weighted by Crippen LogP contribution is -2.45. The second-order valence-electron chi connectivity index (χ2n) is 7.62. The van der Waals surface area contributed by atoms with E-state index >= 15 is 0 Å². The third kappa shape index (κ3) is 3.05. The van der Waals surface area contributed by atoms with Crippen LogP contribution < -0.4 is 4.74 Å².